The Labute approximate surface area is 171 Å². The first-order valence-corrected chi connectivity index (χ1v) is 10.9. The molecule has 0 atom stereocenters. The van der Waals surface area contributed by atoms with E-state index in [1.165, 1.54) is 11.2 Å². The Bertz CT molecular complexity index is 963. The average Bonchev–Trinajstić information content (AvgIpc) is 2.69. The number of ketones is 1. The molecule has 0 saturated carbocycles. The minimum absolute atomic E-state index is 0.0139. The quantitative estimate of drug-likeness (QED) is 0.609. The van der Waals surface area contributed by atoms with Gasteiger partial charge in [0, 0.05) is 37.4 Å². The fraction of sp³-hybridized carbons (Fsp3) is 0.300. The van der Waals surface area contributed by atoms with Gasteiger partial charge in [-0.05, 0) is 62.5 Å². The maximum absolute atomic E-state index is 12.8. The molecule has 2 aromatic carbocycles. The van der Waals surface area contributed by atoms with Gasteiger partial charge >= 0.3 is 0 Å². The highest BCUT2D eigenvalue weighted by Crippen LogP contribution is 2.19. The molecule has 2 aromatic rings. The second-order valence-electron chi connectivity index (χ2n) is 6.77. The Morgan fingerprint density at radius 2 is 1.54 bits per heavy atom. The van der Waals surface area contributed by atoms with Crippen molar-refractivity contribution in [3.05, 3.63) is 59.7 Å². The van der Waals surface area contributed by atoms with E-state index in [1.54, 1.807) is 48.5 Å². The Balaban J connectivity index is 1.59. The molecule has 3 rings (SSSR count). The number of piperazine rings is 1. The maximum atomic E-state index is 12.8. The highest BCUT2D eigenvalue weighted by Gasteiger charge is 2.29. The number of carbonyl (C=O) groups is 1. The van der Waals surface area contributed by atoms with Crippen LogP contribution >= 0.6 is 12.2 Å². The summed E-state index contributed by atoms with van der Waals surface area (Å²) in [6.45, 7) is 5.24. The molecule has 1 saturated heterocycles. The molecule has 1 aliphatic rings. The van der Waals surface area contributed by atoms with Crippen LogP contribution in [0.15, 0.2) is 53.4 Å². The fourth-order valence-corrected chi connectivity index (χ4v) is 4.70. The zero-order valence-corrected chi connectivity index (χ0v) is 17.5. The molecule has 148 valence electrons. The minimum Gasteiger partial charge on any atom is -0.346 e. The van der Waals surface area contributed by atoms with Crippen molar-refractivity contribution in [2.24, 2.45) is 0 Å². The summed E-state index contributed by atoms with van der Waals surface area (Å²) in [7, 11) is -3.49. The van der Waals surface area contributed by atoms with E-state index < -0.39 is 10.0 Å². The van der Waals surface area contributed by atoms with Gasteiger partial charge in [0.2, 0.25) is 10.0 Å². The number of anilines is 1. The molecule has 0 spiro atoms. The van der Waals surface area contributed by atoms with Crippen molar-refractivity contribution < 1.29 is 13.2 Å². The van der Waals surface area contributed by atoms with Gasteiger partial charge in [0.05, 0.1) is 4.90 Å². The molecule has 1 aliphatic heterocycles. The maximum Gasteiger partial charge on any atom is 0.243 e. The number of nitrogens with one attached hydrogen (secondary N) is 1. The molecule has 0 amide bonds. The Morgan fingerprint density at radius 1 is 0.964 bits per heavy atom. The van der Waals surface area contributed by atoms with Gasteiger partial charge in [-0.15, -0.1) is 0 Å². The Morgan fingerprint density at radius 3 is 2.07 bits per heavy atom. The van der Waals surface area contributed by atoms with Crippen LogP contribution in [0.25, 0.3) is 0 Å². The zero-order valence-electron chi connectivity index (χ0n) is 15.9. The summed E-state index contributed by atoms with van der Waals surface area (Å²) >= 11 is 5.46. The fourth-order valence-electron chi connectivity index (χ4n) is 2.98. The van der Waals surface area contributed by atoms with Crippen molar-refractivity contribution in [1.29, 1.82) is 0 Å². The molecule has 0 unspecified atom stereocenters. The summed E-state index contributed by atoms with van der Waals surface area (Å²) in [6, 6.07) is 14.0. The number of carbonyl (C=O) groups excluding carboxylic acids is 1. The number of sulfonamides is 1. The van der Waals surface area contributed by atoms with Crippen molar-refractivity contribution in [2.45, 2.75) is 18.7 Å². The molecule has 1 fully saturated rings. The van der Waals surface area contributed by atoms with E-state index in [0.717, 1.165) is 11.3 Å². The van der Waals surface area contributed by atoms with Crippen LogP contribution in [0.3, 0.4) is 0 Å². The molecule has 0 bridgehead atoms. The highest BCUT2D eigenvalue weighted by molar-refractivity contribution is 7.89. The van der Waals surface area contributed by atoms with Crippen LogP contribution in [0, 0.1) is 6.92 Å². The monoisotopic (exact) mass is 417 g/mol. The van der Waals surface area contributed by atoms with Crippen molar-refractivity contribution in [3.8, 4) is 0 Å². The number of hydrogen-bond donors (Lipinski definition) is 1. The van der Waals surface area contributed by atoms with Crippen LogP contribution in [-0.4, -0.2) is 54.7 Å². The molecule has 0 aliphatic carbocycles. The van der Waals surface area contributed by atoms with Crippen LogP contribution in [-0.2, 0) is 10.0 Å². The molecule has 8 heteroatoms. The van der Waals surface area contributed by atoms with E-state index in [2.05, 4.69) is 5.32 Å². The first-order chi connectivity index (χ1) is 13.3. The van der Waals surface area contributed by atoms with Gasteiger partial charge in [-0.25, -0.2) is 8.42 Å². The van der Waals surface area contributed by atoms with Gasteiger partial charge in [-0.2, -0.15) is 4.31 Å². The van der Waals surface area contributed by atoms with Crippen molar-refractivity contribution in [2.75, 3.05) is 31.5 Å². The van der Waals surface area contributed by atoms with Crippen LogP contribution in [0.1, 0.15) is 22.8 Å². The number of nitrogens with zero attached hydrogens (tertiary/aromatic N) is 2. The molecular weight excluding hydrogens is 394 g/mol. The van der Waals surface area contributed by atoms with Crippen molar-refractivity contribution in [3.63, 3.8) is 0 Å². The zero-order chi connectivity index (χ0) is 20.3. The van der Waals surface area contributed by atoms with Crippen LogP contribution in [0.5, 0.6) is 0 Å². The van der Waals surface area contributed by atoms with Crippen LogP contribution < -0.4 is 5.32 Å². The number of rotatable bonds is 4. The normalized spacial score (nSPS) is 15.3. The van der Waals surface area contributed by atoms with Crippen molar-refractivity contribution >= 4 is 38.8 Å². The largest absolute Gasteiger partial charge is 0.346 e. The summed E-state index contributed by atoms with van der Waals surface area (Å²) in [6.07, 6.45) is 0. The summed E-state index contributed by atoms with van der Waals surface area (Å²) in [4.78, 5) is 13.6. The number of hydrogen-bond acceptors (Lipinski definition) is 4. The number of Topliss-reactive ketones (excluding diaryl/α,β-unsaturated/α-hetero) is 1. The van der Waals surface area contributed by atoms with E-state index in [4.69, 9.17) is 12.2 Å². The standard InChI is InChI=1S/C20H23N3O3S2/c1-15-3-9-19(10-4-15)28(25,26)23-13-11-22(12-14-23)20(27)21-18-7-5-17(6-8-18)16(2)24/h3-10H,11-14H2,1-2H3,(H,21,27). The summed E-state index contributed by atoms with van der Waals surface area (Å²) < 4.78 is 27.1. The molecule has 6 nitrogen and oxygen atoms in total. The Kier molecular flexibility index (Phi) is 6.12. The van der Waals surface area contributed by atoms with Crippen LogP contribution in [0.2, 0.25) is 0 Å². The lowest BCUT2D eigenvalue weighted by atomic mass is 10.1. The SMILES string of the molecule is CC(=O)c1ccc(NC(=S)N2CCN(S(=O)(=O)c3ccc(C)cc3)CC2)cc1. The topological polar surface area (TPSA) is 69.7 Å². The molecular formula is C20H23N3O3S2. The van der Waals surface area contributed by atoms with Crippen molar-refractivity contribution in [1.82, 2.24) is 9.21 Å². The van der Waals surface area contributed by atoms with Gasteiger partial charge in [0.1, 0.15) is 0 Å². The lowest BCUT2D eigenvalue weighted by Crippen LogP contribution is -2.51. The molecule has 28 heavy (non-hydrogen) atoms. The average molecular weight is 418 g/mol. The third-order valence-corrected chi connectivity index (χ3v) is 7.00. The second kappa shape index (κ2) is 8.38. The molecule has 1 N–H and O–H groups in total. The minimum atomic E-state index is -3.49. The Hall–Kier alpha value is -2.29. The van der Waals surface area contributed by atoms with E-state index in [1.807, 2.05) is 11.8 Å². The van der Waals surface area contributed by atoms with Gasteiger partial charge in [0.15, 0.2) is 10.9 Å². The van der Waals surface area contributed by atoms with Gasteiger partial charge in [-0.1, -0.05) is 17.7 Å². The van der Waals surface area contributed by atoms with Gasteiger partial charge in [0.25, 0.3) is 0 Å². The van der Waals surface area contributed by atoms with Gasteiger partial charge < -0.3 is 10.2 Å². The molecule has 0 aromatic heterocycles. The third-order valence-electron chi connectivity index (χ3n) is 4.73. The smallest absolute Gasteiger partial charge is 0.243 e. The third kappa shape index (κ3) is 4.57. The summed E-state index contributed by atoms with van der Waals surface area (Å²) in [5, 5.41) is 3.69. The first kappa shape index (κ1) is 20.4. The van der Waals surface area contributed by atoms with E-state index in [9.17, 15) is 13.2 Å². The lowest BCUT2D eigenvalue weighted by Gasteiger charge is -2.35. The molecule has 1 heterocycles. The lowest BCUT2D eigenvalue weighted by molar-refractivity contribution is 0.101. The first-order valence-electron chi connectivity index (χ1n) is 9.01. The van der Waals surface area contributed by atoms with E-state index in [0.29, 0.717) is 41.8 Å². The number of thiocarbonyl (C=S) groups is 1. The predicted molar refractivity (Wildman–Crippen MR) is 114 cm³/mol. The number of benzene rings is 2. The van der Waals surface area contributed by atoms with E-state index in [-0.39, 0.29) is 5.78 Å². The highest BCUT2D eigenvalue weighted by atomic mass is 32.2. The van der Waals surface area contributed by atoms with E-state index >= 15 is 0 Å². The summed E-state index contributed by atoms with van der Waals surface area (Å²) in [5.41, 5.74) is 2.47. The summed E-state index contributed by atoms with van der Waals surface area (Å²) in [5.74, 6) is 0.0139. The van der Waals surface area contributed by atoms with Crippen LogP contribution in [0.4, 0.5) is 5.69 Å². The number of aryl methyl sites for hydroxylation is 1. The second-order valence-corrected chi connectivity index (χ2v) is 9.09. The van der Waals surface area contributed by atoms with Gasteiger partial charge in [-0.3, -0.25) is 4.79 Å². The molecule has 0 radical (unpaired) electrons. The predicted octanol–water partition coefficient (Wildman–Crippen LogP) is 2.90.